The fourth-order valence-corrected chi connectivity index (χ4v) is 3.84. The first-order valence-corrected chi connectivity index (χ1v) is 8.98. The van der Waals surface area contributed by atoms with Crippen molar-refractivity contribution in [2.45, 2.75) is 64.1 Å². The molecule has 1 heterocycles. The molecule has 1 aromatic heterocycles. The highest BCUT2D eigenvalue weighted by Crippen LogP contribution is 2.29. The number of nitrogens with zero attached hydrogens (tertiary/aromatic N) is 3. The van der Waals surface area contributed by atoms with E-state index in [9.17, 15) is 0 Å². The van der Waals surface area contributed by atoms with Crippen LogP contribution in [0.5, 0.6) is 0 Å². The van der Waals surface area contributed by atoms with Gasteiger partial charge in [-0.1, -0.05) is 55.2 Å². The van der Waals surface area contributed by atoms with Gasteiger partial charge in [0.05, 0.1) is 0 Å². The minimum atomic E-state index is 0.810. The van der Waals surface area contributed by atoms with E-state index in [0.29, 0.717) is 0 Å². The highest BCUT2D eigenvalue weighted by Gasteiger charge is 2.17. The van der Waals surface area contributed by atoms with Gasteiger partial charge in [0, 0.05) is 18.7 Å². The van der Waals surface area contributed by atoms with Crippen LogP contribution in [0.15, 0.2) is 29.5 Å². The number of hydrogen-bond donors (Lipinski definition) is 0. The zero-order chi connectivity index (χ0) is 15.1. The number of rotatable bonds is 8. The van der Waals surface area contributed by atoms with Crippen molar-refractivity contribution < 1.29 is 0 Å². The van der Waals surface area contributed by atoms with Crippen molar-refractivity contribution in [3.8, 4) is 0 Å². The summed E-state index contributed by atoms with van der Waals surface area (Å²) in [6, 6.07) is 0. The Morgan fingerprint density at radius 1 is 1.33 bits per heavy atom. The molecule has 1 aromatic rings. The Balaban J connectivity index is 1.97. The van der Waals surface area contributed by atoms with Crippen LogP contribution in [0.2, 0.25) is 0 Å². The van der Waals surface area contributed by atoms with Gasteiger partial charge in [-0.2, -0.15) is 0 Å². The molecule has 0 N–H and O–H groups in total. The Morgan fingerprint density at radius 3 is 2.76 bits per heavy atom. The normalized spacial score (nSPS) is 15.3. The number of aryl methyl sites for hydroxylation is 1. The lowest BCUT2D eigenvalue weighted by Crippen LogP contribution is -2.06. The number of aromatic nitrogens is 3. The van der Waals surface area contributed by atoms with Gasteiger partial charge in [0.2, 0.25) is 0 Å². The van der Waals surface area contributed by atoms with E-state index in [1.807, 2.05) is 6.08 Å². The van der Waals surface area contributed by atoms with Gasteiger partial charge in [0.25, 0.3) is 0 Å². The Bertz CT molecular complexity index is 480. The van der Waals surface area contributed by atoms with Gasteiger partial charge >= 0.3 is 0 Å². The molecule has 1 aliphatic rings. The van der Waals surface area contributed by atoms with E-state index in [2.05, 4.69) is 41.3 Å². The Hall–Kier alpha value is -1.03. The third kappa shape index (κ3) is 5.03. The van der Waals surface area contributed by atoms with Crippen molar-refractivity contribution >= 4 is 11.8 Å². The minimum Gasteiger partial charge on any atom is -0.302 e. The van der Waals surface area contributed by atoms with E-state index < -0.39 is 0 Å². The van der Waals surface area contributed by atoms with Gasteiger partial charge in [0.1, 0.15) is 5.82 Å². The van der Waals surface area contributed by atoms with Gasteiger partial charge in [-0.3, -0.25) is 0 Å². The van der Waals surface area contributed by atoms with Gasteiger partial charge < -0.3 is 4.57 Å². The van der Waals surface area contributed by atoms with Gasteiger partial charge in [0.15, 0.2) is 5.16 Å². The summed E-state index contributed by atoms with van der Waals surface area (Å²) in [5.41, 5.74) is 1.35. The molecular weight excluding hydrogens is 278 g/mol. The summed E-state index contributed by atoms with van der Waals surface area (Å²) >= 11 is 1.76. The Kier molecular flexibility index (Phi) is 6.55. The molecule has 1 aliphatic carbocycles. The Morgan fingerprint density at radius 2 is 2.10 bits per heavy atom. The van der Waals surface area contributed by atoms with Crippen LogP contribution in [-0.2, 0) is 13.0 Å². The first-order chi connectivity index (χ1) is 10.2. The maximum Gasteiger partial charge on any atom is 0.191 e. The summed E-state index contributed by atoms with van der Waals surface area (Å²) in [6.07, 6.45) is 12.1. The van der Waals surface area contributed by atoms with E-state index in [4.69, 9.17) is 0 Å². The lowest BCUT2D eigenvalue weighted by molar-refractivity contribution is 0.489. The number of hydrogen-bond acceptors (Lipinski definition) is 3. The number of allylic oxidation sites excluding steroid dienone is 2. The van der Waals surface area contributed by atoms with Gasteiger partial charge in [-0.15, -0.1) is 16.8 Å². The lowest BCUT2D eigenvalue weighted by atomic mass is 10.0. The molecule has 0 aromatic carbocycles. The van der Waals surface area contributed by atoms with Crippen molar-refractivity contribution in [2.75, 3.05) is 5.75 Å². The number of thioether (sulfide) groups is 1. The second-order valence-electron chi connectivity index (χ2n) is 6.08. The first kappa shape index (κ1) is 16.3. The molecular formula is C17H27N3S. The van der Waals surface area contributed by atoms with Crippen molar-refractivity contribution in [3.05, 3.63) is 30.1 Å². The van der Waals surface area contributed by atoms with Crippen molar-refractivity contribution in [1.82, 2.24) is 14.8 Å². The molecule has 21 heavy (non-hydrogen) atoms. The molecule has 1 fully saturated rings. The van der Waals surface area contributed by atoms with Crippen LogP contribution >= 0.6 is 11.8 Å². The molecule has 0 spiro atoms. The third-order valence-electron chi connectivity index (χ3n) is 4.06. The van der Waals surface area contributed by atoms with Crippen LogP contribution in [0.25, 0.3) is 0 Å². The molecule has 2 rings (SSSR count). The molecule has 0 radical (unpaired) electrons. The standard InChI is InChI=1S/C17H27N3S/c1-4-12-20-16(10-9-15-7-5-6-8-15)18-19-17(20)21-13-11-14(2)3/h4,11,15H,1,5-10,12-13H2,2-3H3. The van der Waals surface area contributed by atoms with Gasteiger partial charge in [-0.05, 0) is 26.2 Å². The van der Waals surface area contributed by atoms with E-state index in [0.717, 1.165) is 35.6 Å². The predicted molar refractivity (Wildman–Crippen MR) is 90.7 cm³/mol. The second kappa shape index (κ2) is 8.42. The van der Waals surface area contributed by atoms with Gasteiger partial charge in [-0.25, -0.2) is 0 Å². The highest BCUT2D eigenvalue weighted by atomic mass is 32.2. The zero-order valence-corrected chi connectivity index (χ0v) is 14.2. The van der Waals surface area contributed by atoms with Crippen LogP contribution in [0, 0.1) is 5.92 Å². The molecule has 0 atom stereocenters. The molecule has 0 unspecified atom stereocenters. The fourth-order valence-electron chi connectivity index (χ4n) is 2.84. The van der Waals surface area contributed by atoms with Crippen molar-refractivity contribution in [1.29, 1.82) is 0 Å². The molecule has 0 saturated heterocycles. The van der Waals surface area contributed by atoms with E-state index in [1.54, 1.807) is 11.8 Å². The molecule has 0 aliphatic heterocycles. The van der Waals surface area contributed by atoms with Crippen LogP contribution in [-0.4, -0.2) is 20.5 Å². The molecule has 1 saturated carbocycles. The van der Waals surface area contributed by atoms with E-state index in [-0.39, 0.29) is 0 Å². The van der Waals surface area contributed by atoms with Crippen molar-refractivity contribution in [2.24, 2.45) is 5.92 Å². The summed E-state index contributed by atoms with van der Waals surface area (Å²) < 4.78 is 2.23. The summed E-state index contributed by atoms with van der Waals surface area (Å²) in [7, 11) is 0. The smallest absolute Gasteiger partial charge is 0.191 e. The maximum absolute atomic E-state index is 4.42. The lowest BCUT2D eigenvalue weighted by Gasteiger charge is -2.10. The molecule has 0 bridgehead atoms. The van der Waals surface area contributed by atoms with Crippen LogP contribution in [0.4, 0.5) is 0 Å². The van der Waals surface area contributed by atoms with Crippen LogP contribution in [0.1, 0.15) is 51.8 Å². The highest BCUT2D eigenvalue weighted by molar-refractivity contribution is 7.99. The third-order valence-corrected chi connectivity index (χ3v) is 4.95. The predicted octanol–water partition coefficient (Wildman–Crippen LogP) is 4.65. The maximum atomic E-state index is 4.42. The largest absolute Gasteiger partial charge is 0.302 e. The zero-order valence-electron chi connectivity index (χ0n) is 13.3. The van der Waals surface area contributed by atoms with Crippen LogP contribution in [0.3, 0.4) is 0 Å². The first-order valence-electron chi connectivity index (χ1n) is 8.00. The minimum absolute atomic E-state index is 0.810. The van der Waals surface area contributed by atoms with E-state index in [1.165, 1.54) is 37.7 Å². The summed E-state index contributed by atoms with van der Waals surface area (Å²) in [5, 5.41) is 9.81. The van der Waals surface area contributed by atoms with Crippen molar-refractivity contribution in [3.63, 3.8) is 0 Å². The molecule has 116 valence electrons. The molecule has 4 heteroatoms. The Labute approximate surface area is 132 Å². The SMILES string of the molecule is C=CCn1c(CCC2CCCC2)nnc1SCC=C(C)C. The average Bonchev–Trinajstić information content (AvgIpc) is 3.08. The average molecular weight is 305 g/mol. The van der Waals surface area contributed by atoms with Crippen LogP contribution < -0.4 is 0 Å². The molecule has 0 amide bonds. The molecule has 3 nitrogen and oxygen atoms in total. The van der Waals surface area contributed by atoms with E-state index >= 15 is 0 Å². The quantitative estimate of drug-likeness (QED) is 0.517. The monoisotopic (exact) mass is 305 g/mol. The summed E-state index contributed by atoms with van der Waals surface area (Å²) in [6.45, 7) is 8.93. The summed E-state index contributed by atoms with van der Waals surface area (Å²) in [5.74, 6) is 2.99. The second-order valence-corrected chi connectivity index (χ2v) is 7.07. The fraction of sp³-hybridized carbons (Fsp3) is 0.647. The summed E-state index contributed by atoms with van der Waals surface area (Å²) in [4.78, 5) is 0. The topological polar surface area (TPSA) is 30.7 Å².